The summed E-state index contributed by atoms with van der Waals surface area (Å²) in [7, 11) is 0. The molecule has 0 aliphatic carbocycles. The highest BCUT2D eigenvalue weighted by molar-refractivity contribution is 5.75. The summed E-state index contributed by atoms with van der Waals surface area (Å²) in [6, 6.07) is 0.0138. The minimum Gasteiger partial charge on any atom is -0.376 e. The molecule has 2 atom stereocenters. The molecule has 0 saturated carbocycles. The van der Waals surface area contributed by atoms with Crippen LogP contribution >= 0.6 is 0 Å². The Bertz CT molecular complexity index is 229. The van der Waals surface area contributed by atoms with Gasteiger partial charge in [-0.2, -0.15) is 0 Å². The first-order valence-corrected chi connectivity index (χ1v) is 5.72. The van der Waals surface area contributed by atoms with Crippen LogP contribution in [0, 0.1) is 0 Å². The third-order valence-electron chi connectivity index (χ3n) is 3.33. The van der Waals surface area contributed by atoms with E-state index in [0.29, 0.717) is 0 Å². The normalized spacial score (nSPS) is 30.3. The zero-order valence-corrected chi connectivity index (χ0v) is 10.2. The third-order valence-corrected chi connectivity index (χ3v) is 3.33. The van der Waals surface area contributed by atoms with Crippen molar-refractivity contribution in [3.05, 3.63) is 0 Å². The molecular weight excluding hydrogens is 192 g/mol. The van der Waals surface area contributed by atoms with E-state index in [4.69, 9.17) is 4.74 Å². The van der Waals surface area contributed by atoms with E-state index in [1.54, 1.807) is 4.90 Å². The van der Waals surface area contributed by atoms with Crippen LogP contribution in [0.5, 0.6) is 0 Å². The number of carbonyl (C=O) groups is 1. The van der Waals surface area contributed by atoms with Gasteiger partial charge in [-0.15, -0.1) is 0 Å². The number of carbonyl (C=O) groups excluding carboxylic acids is 1. The first-order valence-electron chi connectivity index (χ1n) is 5.72. The van der Waals surface area contributed by atoms with E-state index >= 15 is 0 Å². The smallest absolute Gasteiger partial charge is 0.317 e. The lowest BCUT2D eigenvalue weighted by Crippen LogP contribution is -2.54. The number of hydrogen-bond acceptors (Lipinski definition) is 2. The predicted molar refractivity (Wildman–Crippen MR) is 59.9 cm³/mol. The van der Waals surface area contributed by atoms with Gasteiger partial charge < -0.3 is 15.0 Å². The van der Waals surface area contributed by atoms with E-state index in [-0.39, 0.29) is 17.7 Å². The van der Waals surface area contributed by atoms with Gasteiger partial charge in [-0.3, -0.25) is 0 Å². The van der Waals surface area contributed by atoms with Crippen LogP contribution in [0.2, 0.25) is 0 Å². The highest BCUT2D eigenvalue weighted by Gasteiger charge is 2.38. The van der Waals surface area contributed by atoms with Gasteiger partial charge in [0.15, 0.2) is 0 Å². The van der Waals surface area contributed by atoms with Gasteiger partial charge in [0.25, 0.3) is 0 Å². The van der Waals surface area contributed by atoms with Crippen LogP contribution in [0.15, 0.2) is 0 Å². The second-order valence-corrected chi connectivity index (χ2v) is 4.28. The van der Waals surface area contributed by atoms with Gasteiger partial charge in [0, 0.05) is 19.7 Å². The molecule has 4 heteroatoms. The lowest BCUT2D eigenvalue weighted by molar-refractivity contribution is 0.0883. The van der Waals surface area contributed by atoms with Gasteiger partial charge in [-0.25, -0.2) is 4.79 Å². The van der Waals surface area contributed by atoms with E-state index in [1.807, 2.05) is 27.7 Å². The van der Waals surface area contributed by atoms with Crippen molar-refractivity contribution < 1.29 is 9.53 Å². The van der Waals surface area contributed by atoms with Crippen LogP contribution in [0.3, 0.4) is 0 Å². The van der Waals surface area contributed by atoms with E-state index < -0.39 is 0 Å². The summed E-state index contributed by atoms with van der Waals surface area (Å²) in [6.07, 6.45) is 0.985. The van der Waals surface area contributed by atoms with Crippen LogP contribution in [0.25, 0.3) is 0 Å². The Morgan fingerprint density at radius 3 is 2.53 bits per heavy atom. The molecule has 1 saturated heterocycles. The van der Waals surface area contributed by atoms with Crippen molar-refractivity contribution in [3.8, 4) is 0 Å². The number of nitrogens with one attached hydrogen (secondary N) is 1. The monoisotopic (exact) mass is 214 g/mol. The van der Waals surface area contributed by atoms with Crippen LogP contribution in [0.4, 0.5) is 4.79 Å². The molecule has 1 aliphatic rings. The Morgan fingerprint density at radius 2 is 2.13 bits per heavy atom. The van der Waals surface area contributed by atoms with E-state index in [2.05, 4.69) is 5.32 Å². The molecular formula is C11H22N2O2. The van der Waals surface area contributed by atoms with Crippen LogP contribution in [0.1, 0.15) is 34.1 Å². The number of rotatable bonds is 3. The summed E-state index contributed by atoms with van der Waals surface area (Å²) >= 11 is 0. The fourth-order valence-corrected chi connectivity index (χ4v) is 1.83. The minimum absolute atomic E-state index is 0.0138. The van der Waals surface area contributed by atoms with Gasteiger partial charge in [0.2, 0.25) is 0 Å². The maximum Gasteiger partial charge on any atom is 0.317 e. The first kappa shape index (κ1) is 12.3. The van der Waals surface area contributed by atoms with Crippen LogP contribution in [-0.4, -0.2) is 42.3 Å². The number of urea groups is 1. The molecule has 0 bridgehead atoms. The van der Waals surface area contributed by atoms with E-state index in [1.165, 1.54) is 0 Å². The molecule has 0 aromatic rings. The predicted octanol–water partition coefficient (Wildman–Crippen LogP) is 1.61. The van der Waals surface area contributed by atoms with Crippen molar-refractivity contribution in [2.45, 2.75) is 45.8 Å². The molecule has 0 aromatic carbocycles. The fraction of sp³-hybridized carbons (Fsp3) is 0.909. The highest BCUT2D eigenvalue weighted by Crippen LogP contribution is 2.25. The molecule has 1 heterocycles. The average molecular weight is 214 g/mol. The van der Waals surface area contributed by atoms with E-state index in [9.17, 15) is 4.79 Å². The zero-order valence-electron chi connectivity index (χ0n) is 10.2. The summed E-state index contributed by atoms with van der Waals surface area (Å²) in [5.41, 5.74) is -0.209. The lowest BCUT2D eigenvalue weighted by Gasteiger charge is -2.31. The molecule has 0 aromatic heterocycles. The molecule has 4 nitrogen and oxygen atoms in total. The molecule has 88 valence electrons. The Kier molecular flexibility index (Phi) is 3.97. The standard InChI is InChI=1S/C11H22N2O2/c1-5-13(6-2)10(14)12-11(4)7-8-15-9(11)3/h9H,5-8H2,1-4H3,(H,12,14). The van der Waals surface area contributed by atoms with E-state index in [0.717, 1.165) is 26.1 Å². The molecule has 2 unspecified atom stereocenters. The van der Waals surface area contributed by atoms with Gasteiger partial charge in [0.1, 0.15) is 0 Å². The molecule has 2 amide bonds. The quantitative estimate of drug-likeness (QED) is 0.775. The number of amides is 2. The Hall–Kier alpha value is -0.770. The molecule has 1 rings (SSSR count). The van der Waals surface area contributed by atoms with Gasteiger partial charge in [-0.05, 0) is 34.1 Å². The summed E-state index contributed by atoms with van der Waals surface area (Å²) < 4.78 is 5.48. The highest BCUT2D eigenvalue weighted by atomic mass is 16.5. The van der Waals surface area contributed by atoms with Crippen molar-refractivity contribution in [2.75, 3.05) is 19.7 Å². The minimum atomic E-state index is -0.209. The Labute approximate surface area is 92.0 Å². The van der Waals surface area contributed by atoms with Crippen LogP contribution < -0.4 is 5.32 Å². The van der Waals surface area contributed by atoms with Crippen molar-refractivity contribution in [3.63, 3.8) is 0 Å². The fourth-order valence-electron chi connectivity index (χ4n) is 1.83. The summed E-state index contributed by atoms with van der Waals surface area (Å²) in [6.45, 7) is 10.2. The third kappa shape index (κ3) is 2.62. The molecule has 1 aliphatic heterocycles. The van der Waals surface area contributed by atoms with Crippen LogP contribution in [-0.2, 0) is 4.74 Å². The summed E-state index contributed by atoms with van der Waals surface area (Å²) in [5.74, 6) is 0. The summed E-state index contributed by atoms with van der Waals surface area (Å²) in [4.78, 5) is 13.7. The Balaban J connectivity index is 2.56. The molecule has 0 radical (unpaired) electrons. The second kappa shape index (κ2) is 4.84. The van der Waals surface area contributed by atoms with Crippen molar-refractivity contribution in [2.24, 2.45) is 0 Å². The van der Waals surface area contributed by atoms with Crippen molar-refractivity contribution in [1.82, 2.24) is 10.2 Å². The largest absolute Gasteiger partial charge is 0.376 e. The number of nitrogens with zero attached hydrogens (tertiary/aromatic N) is 1. The van der Waals surface area contributed by atoms with Gasteiger partial charge in [0.05, 0.1) is 11.6 Å². The zero-order chi connectivity index (χ0) is 11.5. The molecule has 0 spiro atoms. The number of hydrogen-bond donors (Lipinski definition) is 1. The maximum absolute atomic E-state index is 11.9. The number of ether oxygens (including phenoxy) is 1. The van der Waals surface area contributed by atoms with Gasteiger partial charge >= 0.3 is 6.03 Å². The average Bonchev–Trinajstić information content (AvgIpc) is 2.48. The second-order valence-electron chi connectivity index (χ2n) is 4.28. The molecule has 1 N–H and O–H groups in total. The Morgan fingerprint density at radius 1 is 1.53 bits per heavy atom. The first-order chi connectivity index (χ1) is 7.03. The SMILES string of the molecule is CCN(CC)C(=O)NC1(C)CCOC1C. The topological polar surface area (TPSA) is 41.6 Å². The van der Waals surface area contributed by atoms with Crippen molar-refractivity contribution in [1.29, 1.82) is 0 Å². The summed E-state index contributed by atoms with van der Waals surface area (Å²) in [5, 5.41) is 3.07. The maximum atomic E-state index is 11.9. The lowest BCUT2D eigenvalue weighted by atomic mass is 9.95. The molecule has 1 fully saturated rings. The van der Waals surface area contributed by atoms with Crippen molar-refractivity contribution >= 4 is 6.03 Å². The van der Waals surface area contributed by atoms with Gasteiger partial charge in [-0.1, -0.05) is 0 Å². The molecule has 15 heavy (non-hydrogen) atoms.